The first-order valence-electron chi connectivity index (χ1n) is 3.82. The second-order valence-electron chi connectivity index (χ2n) is 2.55. The molecule has 15 heavy (non-hydrogen) atoms. The summed E-state index contributed by atoms with van der Waals surface area (Å²) in [5.74, 6) is -0.237. The van der Waals surface area contributed by atoms with Crippen LogP contribution in [0.4, 0.5) is 8.78 Å². The van der Waals surface area contributed by atoms with Gasteiger partial charge in [0, 0.05) is 6.20 Å². The molecular weight excluding hydrogens is 210 g/mol. The van der Waals surface area contributed by atoms with E-state index in [2.05, 4.69) is 15.3 Å². The number of nitrogens with zero attached hydrogens (tertiary/aromatic N) is 4. The van der Waals surface area contributed by atoms with Gasteiger partial charge in [0.2, 0.25) is 6.29 Å². The highest BCUT2D eigenvalue weighted by atomic mass is 19.3. The third kappa shape index (κ3) is 1.73. The lowest BCUT2D eigenvalue weighted by atomic mass is 10.4. The predicted octanol–water partition coefficient (Wildman–Crippen LogP) is 1.14. The van der Waals surface area contributed by atoms with Gasteiger partial charge in [-0.2, -0.15) is 13.9 Å². The van der Waals surface area contributed by atoms with Gasteiger partial charge < -0.3 is 4.42 Å². The van der Waals surface area contributed by atoms with E-state index in [0.717, 1.165) is 12.4 Å². The Balaban J connectivity index is 2.32. The van der Waals surface area contributed by atoms with Crippen LogP contribution in [0, 0.1) is 0 Å². The Hall–Kier alpha value is -2.12. The molecule has 0 bridgehead atoms. The van der Waals surface area contributed by atoms with Gasteiger partial charge in [-0.3, -0.25) is 4.79 Å². The van der Waals surface area contributed by atoms with Gasteiger partial charge in [0.25, 0.3) is 11.8 Å². The van der Waals surface area contributed by atoms with E-state index in [1.165, 1.54) is 0 Å². The average molecular weight is 214 g/mol. The van der Waals surface area contributed by atoms with E-state index in [4.69, 9.17) is 4.42 Å². The van der Waals surface area contributed by atoms with Gasteiger partial charge in [0.15, 0.2) is 0 Å². The van der Waals surface area contributed by atoms with E-state index < -0.39 is 6.55 Å². The summed E-state index contributed by atoms with van der Waals surface area (Å²) >= 11 is 0. The molecule has 2 aromatic rings. The summed E-state index contributed by atoms with van der Waals surface area (Å²) < 4.78 is 29.6. The molecule has 0 N–H and O–H groups in total. The van der Waals surface area contributed by atoms with Crippen molar-refractivity contribution in [3.05, 3.63) is 18.3 Å². The predicted molar refractivity (Wildman–Crippen MR) is 42.2 cm³/mol. The number of rotatable bonds is 3. The van der Waals surface area contributed by atoms with Crippen LogP contribution in [-0.4, -0.2) is 26.3 Å². The van der Waals surface area contributed by atoms with Crippen LogP contribution in [0.1, 0.15) is 17.2 Å². The molecule has 6 nitrogen and oxygen atoms in total. The van der Waals surface area contributed by atoms with Gasteiger partial charge in [0.1, 0.15) is 0 Å². The van der Waals surface area contributed by atoms with Gasteiger partial charge in [-0.25, -0.2) is 4.68 Å². The van der Waals surface area contributed by atoms with Crippen molar-refractivity contribution in [2.45, 2.75) is 6.55 Å². The molecule has 78 valence electrons. The van der Waals surface area contributed by atoms with Crippen molar-refractivity contribution >= 4 is 6.29 Å². The van der Waals surface area contributed by atoms with Gasteiger partial charge in [-0.05, 0) is 0 Å². The zero-order valence-corrected chi connectivity index (χ0v) is 7.17. The maximum atomic E-state index is 12.1. The van der Waals surface area contributed by atoms with E-state index >= 15 is 0 Å². The molecule has 0 spiro atoms. The third-order valence-corrected chi connectivity index (χ3v) is 1.59. The Bertz CT molecular complexity index is 479. The Labute approximate surface area is 81.5 Å². The van der Waals surface area contributed by atoms with Crippen LogP contribution in [-0.2, 0) is 0 Å². The quantitative estimate of drug-likeness (QED) is 0.716. The number of hydrogen-bond acceptors (Lipinski definition) is 5. The minimum atomic E-state index is -2.73. The smallest absolute Gasteiger partial charge is 0.333 e. The summed E-state index contributed by atoms with van der Waals surface area (Å²) in [5.41, 5.74) is 0.232. The Morgan fingerprint density at radius 2 is 2.27 bits per heavy atom. The summed E-state index contributed by atoms with van der Waals surface area (Å²) in [6.07, 6.45) is 2.56. The normalized spacial score (nSPS) is 10.9. The fourth-order valence-electron chi connectivity index (χ4n) is 0.954. The molecule has 0 radical (unpaired) electrons. The largest absolute Gasteiger partial charge is 0.414 e. The van der Waals surface area contributed by atoms with E-state index in [1.54, 1.807) is 0 Å². The summed E-state index contributed by atoms with van der Waals surface area (Å²) in [6.45, 7) is -2.73. The number of aldehydes is 1. The maximum Gasteiger partial charge on any atom is 0.333 e. The molecule has 0 saturated heterocycles. The SMILES string of the molecule is O=Cc1nnc(-c2cnn(C(F)F)c2)o1. The Morgan fingerprint density at radius 1 is 1.47 bits per heavy atom. The molecule has 0 atom stereocenters. The Kier molecular flexibility index (Phi) is 2.24. The monoisotopic (exact) mass is 214 g/mol. The van der Waals surface area contributed by atoms with Crippen LogP contribution in [0.25, 0.3) is 11.5 Å². The molecule has 0 unspecified atom stereocenters. The number of hydrogen-bond donors (Lipinski definition) is 0. The number of alkyl halides is 2. The fraction of sp³-hybridized carbons (Fsp3) is 0.143. The van der Waals surface area contributed by atoms with Crippen LogP contribution in [0.3, 0.4) is 0 Å². The van der Waals surface area contributed by atoms with Gasteiger partial charge >= 0.3 is 6.55 Å². The first-order chi connectivity index (χ1) is 7.20. The van der Waals surface area contributed by atoms with Crippen LogP contribution in [0.2, 0.25) is 0 Å². The van der Waals surface area contributed by atoms with Crippen LogP contribution in [0.15, 0.2) is 16.8 Å². The second kappa shape index (κ2) is 3.56. The van der Waals surface area contributed by atoms with E-state index in [-0.39, 0.29) is 17.3 Å². The van der Waals surface area contributed by atoms with Crippen molar-refractivity contribution in [2.24, 2.45) is 0 Å². The first kappa shape index (κ1) is 9.44. The standard InChI is InChI=1S/C7H4F2N4O2/c8-7(9)13-2-4(1-10-13)6-12-11-5(3-14)15-6/h1-3,7H. The number of halogens is 2. The molecule has 0 aromatic carbocycles. The number of carbonyl (C=O) groups is 1. The highest BCUT2D eigenvalue weighted by molar-refractivity contribution is 5.67. The van der Waals surface area contributed by atoms with Crippen molar-refractivity contribution < 1.29 is 18.0 Å². The molecule has 2 rings (SSSR count). The molecule has 0 saturated carbocycles. The van der Waals surface area contributed by atoms with Crippen molar-refractivity contribution in [3.63, 3.8) is 0 Å². The van der Waals surface area contributed by atoms with E-state index in [1.807, 2.05) is 0 Å². The van der Waals surface area contributed by atoms with Crippen LogP contribution in [0.5, 0.6) is 0 Å². The molecule has 0 aliphatic rings. The highest BCUT2D eigenvalue weighted by Gasteiger charge is 2.13. The fourth-order valence-corrected chi connectivity index (χ4v) is 0.954. The summed E-state index contributed by atoms with van der Waals surface area (Å²) in [4.78, 5) is 10.2. The van der Waals surface area contributed by atoms with E-state index in [9.17, 15) is 13.6 Å². The molecule has 0 aliphatic heterocycles. The topological polar surface area (TPSA) is 73.8 Å². The van der Waals surface area contributed by atoms with Gasteiger partial charge in [0.05, 0.1) is 11.8 Å². The number of carbonyl (C=O) groups excluding carboxylic acids is 1. The average Bonchev–Trinajstić information content (AvgIpc) is 2.86. The zero-order valence-electron chi connectivity index (χ0n) is 7.17. The first-order valence-corrected chi connectivity index (χ1v) is 3.82. The van der Waals surface area contributed by atoms with Crippen molar-refractivity contribution in [2.75, 3.05) is 0 Å². The molecule has 0 amide bonds. The summed E-state index contributed by atoms with van der Waals surface area (Å²) in [5, 5.41) is 10.2. The highest BCUT2D eigenvalue weighted by Crippen LogP contribution is 2.18. The number of aromatic nitrogens is 4. The molecule has 2 heterocycles. The molecule has 0 fully saturated rings. The molecule has 8 heteroatoms. The minimum absolute atomic E-state index is 0.0241. The van der Waals surface area contributed by atoms with Gasteiger partial charge in [-0.15, -0.1) is 10.2 Å². The molecular formula is C7H4F2N4O2. The maximum absolute atomic E-state index is 12.1. The van der Waals surface area contributed by atoms with Crippen molar-refractivity contribution in [3.8, 4) is 11.5 Å². The van der Waals surface area contributed by atoms with Crippen molar-refractivity contribution in [1.29, 1.82) is 0 Å². The lowest BCUT2D eigenvalue weighted by molar-refractivity contribution is 0.0566. The lowest BCUT2D eigenvalue weighted by Gasteiger charge is -1.94. The Morgan fingerprint density at radius 3 is 2.80 bits per heavy atom. The molecule has 0 aliphatic carbocycles. The summed E-state index contributed by atoms with van der Waals surface area (Å²) in [7, 11) is 0. The van der Waals surface area contributed by atoms with Crippen LogP contribution < -0.4 is 0 Å². The molecule has 2 aromatic heterocycles. The minimum Gasteiger partial charge on any atom is -0.414 e. The lowest BCUT2D eigenvalue weighted by Crippen LogP contribution is -1.96. The van der Waals surface area contributed by atoms with E-state index in [0.29, 0.717) is 11.0 Å². The van der Waals surface area contributed by atoms with Gasteiger partial charge in [-0.1, -0.05) is 0 Å². The van der Waals surface area contributed by atoms with Crippen LogP contribution >= 0.6 is 0 Å². The third-order valence-electron chi connectivity index (χ3n) is 1.59. The second-order valence-corrected chi connectivity index (χ2v) is 2.55. The van der Waals surface area contributed by atoms with Crippen molar-refractivity contribution in [1.82, 2.24) is 20.0 Å². The summed E-state index contributed by atoms with van der Waals surface area (Å²) in [6, 6.07) is 0. The zero-order chi connectivity index (χ0) is 10.8.